The zero-order valence-corrected chi connectivity index (χ0v) is 17.6. The van der Waals surface area contributed by atoms with Crippen molar-refractivity contribution in [1.82, 2.24) is 9.78 Å². The Bertz CT molecular complexity index is 1080. The standard InChI is InChI=1S/C22H23N3O4S/c1-2-3-10-25-21(26)9-7-18(23-25)22(27)24(15-17-5-4-13-30-17)16-6-8-19-20(14-16)29-12-11-28-19/h4-9,13-14H,2-3,10-12,15H2,1H3. The highest BCUT2D eigenvalue weighted by Crippen LogP contribution is 2.35. The van der Waals surface area contributed by atoms with Crippen LogP contribution >= 0.6 is 11.3 Å². The van der Waals surface area contributed by atoms with Crippen molar-refractivity contribution in [2.45, 2.75) is 32.9 Å². The lowest BCUT2D eigenvalue weighted by Gasteiger charge is -2.25. The lowest BCUT2D eigenvalue weighted by atomic mass is 10.2. The molecule has 0 saturated heterocycles. The summed E-state index contributed by atoms with van der Waals surface area (Å²) >= 11 is 1.58. The normalized spacial score (nSPS) is 12.6. The third-order valence-corrected chi connectivity index (χ3v) is 5.65. The second kappa shape index (κ2) is 9.13. The number of aryl methyl sites for hydroxylation is 1. The van der Waals surface area contributed by atoms with Crippen LogP contribution in [-0.2, 0) is 13.1 Å². The quantitative estimate of drug-likeness (QED) is 0.577. The predicted octanol–water partition coefficient (Wildman–Crippen LogP) is 3.72. The number of thiophene rings is 1. The van der Waals surface area contributed by atoms with Gasteiger partial charge in [-0.1, -0.05) is 19.4 Å². The van der Waals surface area contributed by atoms with Gasteiger partial charge in [-0.3, -0.25) is 9.59 Å². The van der Waals surface area contributed by atoms with Gasteiger partial charge < -0.3 is 14.4 Å². The van der Waals surface area contributed by atoms with Gasteiger partial charge in [0, 0.05) is 29.2 Å². The number of benzene rings is 1. The Labute approximate surface area is 178 Å². The van der Waals surface area contributed by atoms with Crippen molar-refractivity contribution in [2.75, 3.05) is 18.1 Å². The summed E-state index contributed by atoms with van der Waals surface area (Å²) in [7, 11) is 0. The van der Waals surface area contributed by atoms with Crippen molar-refractivity contribution in [2.24, 2.45) is 0 Å². The number of unbranched alkanes of at least 4 members (excludes halogenated alkanes) is 1. The topological polar surface area (TPSA) is 73.7 Å². The van der Waals surface area contributed by atoms with E-state index in [1.165, 1.54) is 16.8 Å². The zero-order valence-electron chi connectivity index (χ0n) is 16.7. The van der Waals surface area contributed by atoms with E-state index in [0.29, 0.717) is 43.5 Å². The molecular formula is C22H23N3O4S. The molecule has 0 spiro atoms. The second-order valence-electron chi connectivity index (χ2n) is 6.93. The van der Waals surface area contributed by atoms with Crippen LogP contribution in [0, 0.1) is 0 Å². The van der Waals surface area contributed by atoms with Crippen LogP contribution in [0.4, 0.5) is 5.69 Å². The lowest BCUT2D eigenvalue weighted by molar-refractivity contribution is 0.0978. The highest BCUT2D eigenvalue weighted by molar-refractivity contribution is 7.09. The molecule has 1 aromatic carbocycles. The molecule has 30 heavy (non-hydrogen) atoms. The maximum Gasteiger partial charge on any atom is 0.279 e. The first kappa shape index (κ1) is 20.2. The van der Waals surface area contributed by atoms with Gasteiger partial charge in [0.1, 0.15) is 18.9 Å². The van der Waals surface area contributed by atoms with Gasteiger partial charge in [0.25, 0.3) is 11.5 Å². The summed E-state index contributed by atoms with van der Waals surface area (Å²) in [5.41, 5.74) is 0.715. The highest BCUT2D eigenvalue weighted by atomic mass is 32.1. The average molecular weight is 426 g/mol. The molecule has 0 aliphatic carbocycles. The first-order chi connectivity index (χ1) is 14.7. The molecule has 0 bridgehead atoms. The van der Waals surface area contributed by atoms with Crippen LogP contribution in [0.2, 0.25) is 0 Å². The largest absolute Gasteiger partial charge is 0.486 e. The van der Waals surface area contributed by atoms with Crippen molar-refractivity contribution in [3.63, 3.8) is 0 Å². The fraction of sp³-hybridized carbons (Fsp3) is 0.318. The molecule has 1 amide bonds. The Morgan fingerprint density at radius 2 is 2.00 bits per heavy atom. The van der Waals surface area contributed by atoms with E-state index >= 15 is 0 Å². The van der Waals surface area contributed by atoms with E-state index in [0.717, 1.165) is 17.7 Å². The number of amides is 1. The number of hydrogen-bond donors (Lipinski definition) is 0. The summed E-state index contributed by atoms with van der Waals surface area (Å²) in [6, 6.07) is 12.3. The average Bonchev–Trinajstić information content (AvgIpc) is 3.29. The van der Waals surface area contributed by atoms with E-state index in [1.54, 1.807) is 16.2 Å². The van der Waals surface area contributed by atoms with Crippen LogP contribution in [-0.4, -0.2) is 28.9 Å². The van der Waals surface area contributed by atoms with Crippen molar-refractivity contribution < 1.29 is 14.3 Å². The zero-order chi connectivity index (χ0) is 20.9. The van der Waals surface area contributed by atoms with Gasteiger partial charge in [0.2, 0.25) is 0 Å². The summed E-state index contributed by atoms with van der Waals surface area (Å²) in [5, 5.41) is 6.31. The van der Waals surface area contributed by atoms with Crippen LogP contribution in [0.25, 0.3) is 0 Å². The molecule has 0 radical (unpaired) electrons. The Kier molecular flexibility index (Phi) is 6.13. The van der Waals surface area contributed by atoms with E-state index in [2.05, 4.69) is 5.10 Å². The molecule has 7 nitrogen and oxygen atoms in total. The molecule has 8 heteroatoms. The molecular weight excluding hydrogens is 402 g/mol. The number of nitrogens with zero attached hydrogens (tertiary/aromatic N) is 3. The van der Waals surface area contributed by atoms with Gasteiger partial charge in [-0.2, -0.15) is 5.10 Å². The number of ether oxygens (including phenoxy) is 2. The van der Waals surface area contributed by atoms with E-state index in [-0.39, 0.29) is 17.2 Å². The summed E-state index contributed by atoms with van der Waals surface area (Å²) in [6.45, 7) is 3.91. The number of rotatable bonds is 7. The van der Waals surface area contributed by atoms with Gasteiger partial charge >= 0.3 is 0 Å². The summed E-state index contributed by atoms with van der Waals surface area (Å²) in [6.07, 6.45) is 1.76. The third-order valence-electron chi connectivity index (χ3n) is 4.79. The van der Waals surface area contributed by atoms with Gasteiger partial charge in [0.05, 0.1) is 6.54 Å². The number of carbonyl (C=O) groups is 1. The maximum absolute atomic E-state index is 13.5. The predicted molar refractivity (Wildman–Crippen MR) is 116 cm³/mol. The molecule has 0 N–H and O–H groups in total. The van der Waals surface area contributed by atoms with Gasteiger partial charge in [-0.05, 0) is 36.1 Å². The molecule has 3 heterocycles. The van der Waals surface area contributed by atoms with Crippen molar-refractivity contribution in [3.05, 3.63) is 68.8 Å². The van der Waals surface area contributed by atoms with Gasteiger partial charge in [0.15, 0.2) is 11.5 Å². The second-order valence-corrected chi connectivity index (χ2v) is 7.96. The fourth-order valence-corrected chi connectivity index (χ4v) is 3.90. The van der Waals surface area contributed by atoms with E-state index < -0.39 is 0 Å². The van der Waals surface area contributed by atoms with Crippen molar-refractivity contribution in [1.29, 1.82) is 0 Å². The van der Waals surface area contributed by atoms with E-state index in [4.69, 9.17) is 9.47 Å². The Balaban J connectivity index is 1.69. The summed E-state index contributed by atoms with van der Waals surface area (Å²) in [4.78, 5) is 28.3. The SMILES string of the molecule is CCCCn1nc(C(=O)N(Cc2cccs2)c2ccc3c(c2)OCCO3)ccc1=O. The van der Waals surface area contributed by atoms with Crippen molar-refractivity contribution >= 4 is 22.9 Å². The van der Waals surface area contributed by atoms with Crippen LogP contribution in [0.1, 0.15) is 35.1 Å². The van der Waals surface area contributed by atoms with E-state index in [1.807, 2.05) is 42.6 Å². The first-order valence-electron chi connectivity index (χ1n) is 9.98. The molecule has 0 atom stereocenters. The minimum absolute atomic E-state index is 0.205. The van der Waals surface area contributed by atoms with E-state index in [9.17, 15) is 9.59 Å². The molecule has 1 aliphatic heterocycles. The summed E-state index contributed by atoms with van der Waals surface area (Å²) < 4.78 is 12.7. The molecule has 0 unspecified atom stereocenters. The molecule has 3 aromatic rings. The molecule has 0 fully saturated rings. The van der Waals surface area contributed by atoms with Gasteiger partial charge in [-0.15, -0.1) is 11.3 Å². The van der Waals surface area contributed by atoms with Crippen LogP contribution in [0.5, 0.6) is 11.5 Å². The first-order valence-corrected chi connectivity index (χ1v) is 10.9. The molecule has 1 aliphatic rings. The minimum atomic E-state index is -0.273. The lowest BCUT2D eigenvalue weighted by Crippen LogP contribution is -2.33. The monoisotopic (exact) mass is 425 g/mol. The number of aromatic nitrogens is 2. The minimum Gasteiger partial charge on any atom is -0.486 e. The smallest absolute Gasteiger partial charge is 0.279 e. The maximum atomic E-state index is 13.5. The number of fused-ring (bicyclic) bond motifs is 1. The van der Waals surface area contributed by atoms with Crippen LogP contribution < -0.4 is 19.9 Å². The number of carbonyl (C=O) groups excluding carboxylic acids is 1. The Hall–Kier alpha value is -3.13. The highest BCUT2D eigenvalue weighted by Gasteiger charge is 2.23. The third kappa shape index (κ3) is 4.38. The molecule has 156 valence electrons. The van der Waals surface area contributed by atoms with Crippen molar-refractivity contribution in [3.8, 4) is 11.5 Å². The molecule has 0 saturated carbocycles. The number of anilines is 1. The number of hydrogen-bond acceptors (Lipinski definition) is 6. The van der Waals surface area contributed by atoms with Gasteiger partial charge in [-0.25, -0.2) is 4.68 Å². The Morgan fingerprint density at radius 3 is 2.77 bits per heavy atom. The molecule has 2 aromatic heterocycles. The molecule has 4 rings (SSSR count). The fourth-order valence-electron chi connectivity index (χ4n) is 3.21. The summed E-state index contributed by atoms with van der Waals surface area (Å²) in [5.74, 6) is 1.01. The van der Waals surface area contributed by atoms with Crippen LogP contribution in [0.15, 0.2) is 52.6 Å². The Morgan fingerprint density at radius 1 is 1.17 bits per heavy atom. The van der Waals surface area contributed by atoms with Crippen LogP contribution in [0.3, 0.4) is 0 Å².